The molecule has 2 aromatic carbocycles. The third-order valence-electron chi connectivity index (χ3n) is 8.01. The summed E-state index contributed by atoms with van der Waals surface area (Å²) < 4.78 is 11.5. The number of imidazole rings is 1. The van der Waals surface area contributed by atoms with E-state index in [-0.39, 0.29) is 6.04 Å². The number of hydrogen-bond acceptors (Lipinski definition) is 7. The molecule has 0 amide bonds. The number of benzene rings is 2. The summed E-state index contributed by atoms with van der Waals surface area (Å²) in [6.07, 6.45) is 3.72. The Morgan fingerprint density at radius 1 is 1.21 bits per heavy atom. The van der Waals surface area contributed by atoms with Crippen molar-refractivity contribution >= 4 is 40.8 Å². The van der Waals surface area contributed by atoms with Crippen LogP contribution in [0.4, 0.5) is 5.69 Å². The first-order valence-electron chi connectivity index (χ1n) is 13.2. The minimum absolute atomic E-state index is 0.0667. The van der Waals surface area contributed by atoms with Crippen molar-refractivity contribution in [1.29, 1.82) is 0 Å². The second kappa shape index (κ2) is 12.3. The highest BCUT2D eigenvalue weighted by Gasteiger charge is 2.34. The number of carbonyl (C=O) groups excluding carboxylic acids is 1. The maximum atomic E-state index is 11.8. The number of aryl methyl sites for hydroxylation is 1. The topological polar surface area (TPSA) is 114 Å². The van der Waals surface area contributed by atoms with Gasteiger partial charge in [0.05, 0.1) is 31.2 Å². The molecule has 0 spiro atoms. The van der Waals surface area contributed by atoms with E-state index in [1.807, 2.05) is 0 Å². The molecular formula is C29H36ClN3O6. The fourth-order valence-electron chi connectivity index (χ4n) is 5.84. The predicted octanol–water partition coefficient (Wildman–Crippen LogP) is 5.16. The van der Waals surface area contributed by atoms with E-state index >= 15 is 0 Å². The fourth-order valence-corrected chi connectivity index (χ4v) is 6.02. The summed E-state index contributed by atoms with van der Waals surface area (Å²) in [4.78, 5) is 28.1. The van der Waals surface area contributed by atoms with Gasteiger partial charge in [-0.05, 0) is 69.4 Å². The van der Waals surface area contributed by atoms with Gasteiger partial charge in [0, 0.05) is 41.0 Å². The molecule has 5 rings (SSSR count). The number of anilines is 1. The van der Waals surface area contributed by atoms with Gasteiger partial charge in [-0.3, -0.25) is 9.59 Å². The lowest BCUT2D eigenvalue weighted by atomic mass is 9.85. The molecule has 2 aliphatic rings. The molecule has 9 nitrogen and oxygen atoms in total. The van der Waals surface area contributed by atoms with Crippen molar-refractivity contribution < 1.29 is 29.3 Å². The van der Waals surface area contributed by atoms with Crippen molar-refractivity contribution in [3.8, 4) is 5.75 Å². The summed E-state index contributed by atoms with van der Waals surface area (Å²) in [5, 5.41) is 21.9. The molecule has 10 heteroatoms. The molecule has 0 radical (unpaired) electrons. The van der Waals surface area contributed by atoms with Crippen LogP contribution in [0.25, 0.3) is 11.0 Å². The Balaban J connectivity index is 0.000000826. The second-order valence-corrected chi connectivity index (χ2v) is 10.7. The second-order valence-electron chi connectivity index (χ2n) is 10.2. The Morgan fingerprint density at radius 2 is 1.95 bits per heavy atom. The van der Waals surface area contributed by atoms with E-state index in [0.717, 1.165) is 42.4 Å². The van der Waals surface area contributed by atoms with Crippen LogP contribution in [0.5, 0.6) is 5.75 Å². The van der Waals surface area contributed by atoms with Crippen LogP contribution in [0.1, 0.15) is 68.1 Å². The smallest absolute Gasteiger partial charge is 0.306 e. The number of ether oxygens (including phenoxy) is 2. The zero-order valence-corrected chi connectivity index (χ0v) is 23.5. The lowest BCUT2D eigenvalue weighted by molar-refractivity contribution is -0.143. The molecular weight excluding hydrogens is 522 g/mol. The Bertz CT molecular complexity index is 1340. The highest BCUT2D eigenvalue weighted by atomic mass is 35.5. The number of methoxy groups -OCH3 is 2. The van der Waals surface area contributed by atoms with E-state index in [2.05, 4.69) is 40.3 Å². The Morgan fingerprint density at radius 3 is 2.62 bits per heavy atom. The highest BCUT2D eigenvalue weighted by Crippen LogP contribution is 2.42. The van der Waals surface area contributed by atoms with Crippen molar-refractivity contribution in [1.82, 2.24) is 9.55 Å². The Labute approximate surface area is 233 Å². The third kappa shape index (κ3) is 5.70. The van der Waals surface area contributed by atoms with Gasteiger partial charge in [-0.25, -0.2) is 4.98 Å². The molecule has 1 saturated carbocycles. The first-order valence-corrected chi connectivity index (χ1v) is 13.6. The molecule has 4 unspecified atom stereocenters. The number of hydrogen-bond donors (Lipinski definition) is 2. The monoisotopic (exact) mass is 557 g/mol. The number of aliphatic hydroxyl groups excluding tert-OH is 1. The number of halogens is 1. The van der Waals surface area contributed by atoms with Gasteiger partial charge in [-0.2, -0.15) is 0 Å². The van der Waals surface area contributed by atoms with E-state index in [1.54, 1.807) is 25.3 Å². The predicted molar refractivity (Wildman–Crippen MR) is 150 cm³/mol. The molecule has 1 aliphatic heterocycles. The summed E-state index contributed by atoms with van der Waals surface area (Å²) in [6, 6.07) is 9.77. The standard InChI is InChI=1S/C27H32ClN3O4.C2H4O2/c1-15-7-9-19-21(30(15)2)10-11-22-24(19)29-26(25(32)20-14-17(28)8-12-23(20)35-3)31(22)18-6-4-5-16(13-18)27(33)34;1-4-2-3/h8,10-12,14-16,18,25,32H,4-7,9,13H2,1-3H3,(H,33,34);2H,1H3. The number of aliphatic carboxylic acids is 1. The van der Waals surface area contributed by atoms with Crippen LogP contribution in [0.15, 0.2) is 30.3 Å². The van der Waals surface area contributed by atoms with Crippen molar-refractivity contribution in [3.05, 3.63) is 52.3 Å². The van der Waals surface area contributed by atoms with Crippen molar-refractivity contribution in [2.75, 3.05) is 26.2 Å². The lowest BCUT2D eigenvalue weighted by Gasteiger charge is -2.34. The van der Waals surface area contributed by atoms with Crippen molar-refractivity contribution in [2.45, 2.75) is 63.6 Å². The number of rotatable bonds is 6. The molecule has 1 aromatic heterocycles. The zero-order valence-electron chi connectivity index (χ0n) is 22.8. The molecule has 3 aromatic rings. The van der Waals surface area contributed by atoms with Crippen LogP contribution in [0.2, 0.25) is 5.02 Å². The first kappa shape index (κ1) is 28.7. The average Bonchev–Trinajstić information content (AvgIpc) is 3.34. The zero-order chi connectivity index (χ0) is 28.3. The summed E-state index contributed by atoms with van der Waals surface area (Å²) in [5.41, 5.74) is 4.71. The van der Waals surface area contributed by atoms with Gasteiger partial charge < -0.3 is 29.2 Å². The van der Waals surface area contributed by atoms with Crippen molar-refractivity contribution in [2.24, 2.45) is 5.92 Å². The highest BCUT2D eigenvalue weighted by molar-refractivity contribution is 6.30. The largest absolute Gasteiger partial charge is 0.496 e. The van der Waals surface area contributed by atoms with E-state index in [1.165, 1.54) is 12.7 Å². The molecule has 1 fully saturated rings. The van der Waals surface area contributed by atoms with E-state index in [0.29, 0.717) is 47.5 Å². The number of nitrogens with zero attached hydrogens (tertiary/aromatic N) is 3. The number of carbonyl (C=O) groups is 2. The fraction of sp³-hybridized carbons (Fsp3) is 0.483. The van der Waals surface area contributed by atoms with Crippen LogP contribution in [0.3, 0.4) is 0 Å². The van der Waals surface area contributed by atoms with Gasteiger partial charge in [0.25, 0.3) is 6.47 Å². The van der Waals surface area contributed by atoms with Gasteiger partial charge in [0.1, 0.15) is 17.7 Å². The average molecular weight is 558 g/mol. The number of fused-ring (bicyclic) bond motifs is 3. The molecule has 1 aliphatic carbocycles. The quantitative estimate of drug-likeness (QED) is 0.400. The molecule has 2 heterocycles. The minimum Gasteiger partial charge on any atom is -0.496 e. The summed E-state index contributed by atoms with van der Waals surface area (Å²) >= 11 is 6.29. The molecule has 210 valence electrons. The molecule has 0 saturated heterocycles. The van der Waals surface area contributed by atoms with Crippen molar-refractivity contribution in [3.63, 3.8) is 0 Å². The van der Waals surface area contributed by atoms with E-state index in [4.69, 9.17) is 26.1 Å². The molecule has 2 N–H and O–H groups in total. The molecule has 0 bridgehead atoms. The van der Waals surface area contributed by atoms with Crippen LogP contribution in [-0.2, 0) is 20.7 Å². The Kier molecular flexibility index (Phi) is 9.02. The maximum Gasteiger partial charge on any atom is 0.306 e. The van der Waals surface area contributed by atoms with Gasteiger partial charge in [-0.15, -0.1) is 0 Å². The molecule has 4 atom stereocenters. The van der Waals surface area contributed by atoms with Crippen LogP contribution >= 0.6 is 11.6 Å². The van der Waals surface area contributed by atoms with E-state index < -0.39 is 18.0 Å². The lowest BCUT2D eigenvalue weighted by Crippen LogP contribution is -2.33. The van der Waals surface area contributed by atoms with Crippen LogP contribution < -0.4 is 9.64 Å². The first-order chi connectivity index (χ1) is 18.7. The number of aliphatic hydroxyl groups is 1. The van der Waals surface area contributed by atoms with Crippen LogP contribution in [-0.4, -0.2) is 59.5 Å². The van der Waals surface area contributed by atoms with Gasteiger partial charge in [0.2, 0.25) is 0 Å². The number of carboxylic acids is 1. The summed E-state index contributed by atoms with van der Waals surface area (Å²) in [6.45, 7) is 2.60. The molecule has 39 heavy (non-hydrogen) atoms. The normalized spacial score (nSPS) is 21.4. The van der Waals surface area contributed by atoms with Gasteiger partial charge >= 0.3 is 5.97 Å². The van der Waals surface area contributed by atoms with E-state index in [9.17, 15) is 15.0 Å². The van der Waals surface area contributed by atoms with Crippen LogP contribution in [0, 0.1) is 5.92 Å². The third-order valence-corrected chi connectivity index (χ3v) is 8.25. The number of carboxylic acid groups (broad SMARTS) is 1. The van der Waals surface area contributed by atoms with Gasteiger partial charge in [-0.1, -0.05) is 18.0 Å². The van der Waals surface area contributed by atoms with Gasteiger partial charge in [0.15, 0.2) is 0 Å². The maximum absolute atomic E-state index is 11.8. The summed E-state index contributed by atoms with van der Waals surface area (Å²) in [7, 11) is 4.98. The number of aromatic nitrogens is 2. The Hall–Kier alpha value is -3.30. The SMILES string of the molecule is COC=O.COc1ccc(Cl)cc1C(O)c1nc2c3c(ccc2n1C1CCCC(C(=O)O)C1)N(C)C(C)CC3. The minimum atomic E-state index is -1.07. The summed E-state index contributed by atoms with van der Waals surface area (Å²) in [5.74, 6) is -0.123.